The zero-order valence-electron chi connectivity index (χ0n) is 12.1. The Labute approximate surface area is 127 Å². The van der Waals surface area contributed by atoms with Crippen molar-refractivity contribution in [3.63, 3.8) is 0 Å². The lowest BCUT2D eigenvalue weighted by Gasteiger charge is -2.20. The van der Waals surface area contributed by atoms with Crippen molar-refractivity contribution in [1.82, 2.24) is 10.3 Å². The van der Waals surface area contributed by atoms with Crippen LogP contribution in [0.3, 0.4) is 0 Å². The summed E-state index contributed by atoms with van der Waals surface area (Å²) in [7, 11) is 0. The highest BCUT2D eigenvalue weighted by Gasteiger charge is 2.25. The fourth-order valence-electron chi connectivity index (χ4n) is 2.26. The van der Waals surface area contributed by atoms with Crippen LogP contribution in [0.4, 0.5) is 0 Å². The first-order valence-corrected chi connectivity index (χ1v) is 6.85. The zero-order valence-corrected chi connectivity index (χ0v) is 12.1. The van der Waals surface area contributed by atoms with Gasteiger partial charge in [0.1, 0.15) is 6.04 Å². The summed E-state index contributed by atoms with van der Waals surface area (Å²) in [6.45, 7) is 1.69. The summed E-state index contributed by atoms with van der Waals surface area (Å²) in [5.41, 5.74) is 6.25. The number of pyridine rings is 1. The van der Waals surface area contributed by atoms with Gasteiger partial charge in [-0.2, -0.15) is 5.26 Å². The smallest absolute Gasteiger partial charge is 0.254 e. The maximum absolute atomic E-state index is 12.4. The molecule has 1 aromatic carbocycles. The number of hydrogen-bond donors (Lipinski definition) is 2. The van der Waals surface area contributed by atoms with E-state index in [0.717, 1.165) is 5.39 Å². The Kier molecular flexibility index (Phi) is 4.69. The predicted molar refractivity (Wildman–Crippen MR) is 81.6 cm³/mol. The van der Waals surface area contributed by atoms with E-state index in [1.165, 1.54) is 0 Å². The summed E-state index contributed by atoms with van der Waals surface area (Å²) in [5.74, 6) is -1.46. The van der Waals surface area contributed by atoms with Crippen LogP contribution in [0.15, 0.2) is 36.5 Å². The van der Waals surface area contributed by atoms with Crippen LogP contribution in [0, 0.1) is 17.2 Å². The molecule has 0 unspecified atom stereocenters. The quantitative estimate of drug-likeness (QED) is 0.868. The molecule has 0 aliphatic rings. The number of para-hydroxylation sites is 1. The van der Waals surface area contributed by atoms with Crippen LogP contribution in [0.25, 0.3) is 10.9 Å². The minimum atomic E-state index is -0.897. The Bertz CT molecular complexity index is 746. The molecule has 1 heterocycles. The number of primary amides is 1. The number of amides is 2. The molecule has 0 radical (unpaired) electrons. The van der Waals surface area contributed by atoms with Crippen molar-refractivity contribution in [2.75, 3.05) is 0 Å². The molecule has 1 aromatic heterocycles. The molecule has 112 valence electrons. The molecule has 6 heteroatoms. The summed E-state index contributed by atoms with van der Waals surface area (Å²) in [4.78, 5) is 28.2. The topological polar surface area (TPSA) is 109 Å². The molecule has 3 N–H and O–H groups in total. The van der Waals surface area contributed by atoms with Gasteiger partial charge in [-0.15, -0.1) is 0 Å². The number of carbonyl (C=O) groups is 2. The summed E-state index contributed by atoms with van der Waals surface area (Å²) in [6, 6.07) is 9.94. The number of aromatic nitrogens is 1. The Balaban J connectivity index is 2.30. The van der Waals surface area contributed by atoms with E-state index in [2.05, 4.69) is 10.3 Å². The number of benzene rings is 1. The van der Waals surface area contributed by atoms with Gasteiger partial charge in [0.05, 0.1) is 17.1 Å². The summed E-state index contributed by atoms with van der Waals surface area (Å²) in [6.07, 6.45) is 1.73. The van der Waals surface area contributed by atoms with Crippen LogP contribution in [-0.4, -0.2) is 22.8 Å². The lowest BCUT2D eigenvalue weighted by atomic mass is 9.97. The van der Waals surface area contributed by atoms with Crippen molar-refractivity contribution in [3.05, 3.63) is 42.1 Å². The van der Waals surface area contributed by atoms with Crippen molar-refractivity contribution < 1.29 is 9.59 Å². The van der Waals surface area contributed by atoms with Gasteiger partial charge in [-0.25, -0.2) is 0 Å². The second kappa shape index (κ2) is 6.68. The summed E-state index contributed by atoms with van der Waals surface area (Å²) in [5, 5.41) is 12.2. The molecule has 0 bridgehead atoms. The molecular weight excluding hydrogens is 280 g/mol. The largest absolute Gasteiger partial charge is 0.368 e. The first-order valence-electron chi connectivity index (χ1n) is 6.85. The Morgan fingerprint density at radius 3 is 2.77 bits per heavy atom. The number of carbonyl (C=O) groups excluding carboxylic acids is 2. The van der Waals surface area contributed by atoms with E-state index in [1.54, 1.807) is 31.3 Å². The van der Waals surface area contributed by atoms with Crippen LogP contribution in [0.5, 0.6) is 0 Å². The molecule has 2 atom stereocenters. The maximum Gasteiger partial charge on any atom is 0.254 e. The van der Waals surface area contributed by atoms with Crippen LogP contribution in [-0.2, 0) is 4.79 Å². The third kappa shape index (κ3) is 3.20. The van der Waals surface area contributed by atoms with E-state index in [1.807, 2.05) is 18.2 Å². The number of nitrogens with zero attached hydrogens (tertiary/aromatic N) is 2. The molecule has 2 amide bonds. The van der Waals surface area contributed by atoms with Gasteiger partial charge in [-0.3, -0.25) is 14.6 Å². The summed E-state index contributed by atoms with van der Waals surface area (Å²) < 4.78 is 0. The van der Waals surface area contributed by atoms with Gasteiger partial charge in [0.15, 0.2) is 0 Å². The van der Waals surface area contributed by atoms with Gasteiger partial charge in [0.25, 0.3) is 5.91 Å². The normalized spacial score (nSPS) is 13.1. The molecule has 0 saturated carbocycles. The first kappa shape index (κ1) is 15.4. The second-order valence-electron chi connectivity index (χ2n) is 5.07. The van der Waals surface area contributed by atoms with Crippen LogP contribution in [0.1, 0.15) is 23.7 Å². The van der Waals surface area contributed by atoms with Crippen molar-refractivity contribution in [1.29, 1.82) is 5.26 Å². The minimum Gasteiger partial charge on any atom is -0.368 e. The lowest BCUT2D eigenvalue weighted by Crippen LogP contribution is -2.48. The van der Waals surface area contributed by atoms with Gasteiger partial charge in [0.2, 0.25) is 5.91 Å². The third-order valence-corrected chi connectivity index (χ3v) is 3.45. The SMILES string of the molecule is C[C@@H](CC#N)[C@H](NC(=O)c1cccc2cccnc12)C(N)=O. The molecule has 2 aromatic rings. The molecule has 0 fully saturated rings. The highest BCUT2D eigenvalue weighted by Crippen LogP contribution is 2.16. The van der Waals surface area contributed by atoms with E-state index in [-0.39, 0.29) is 12.3 Å². The first-order chi connectivity index (χ1) is 10.5. The average molecular weight is 296 g/mol. The van der Waals surface area contributed by atoms with Gasteiger partial charge < -0.3 is 11.1 Å². The highest BCUT2D eigenvalue weighted by atomic mass is 16.2. The number of fused-ring (bicyclic) bond motifs is 1. The minimum absolute atomic E-state index is 0.127. The Hall–Kier alpha value is -2.94. The van der Waals surface area contributed by atoms with Crippen LogP contribution < -0.4 is 11.1 Å². The van der Waals surface area contributed by atoms with Crippen molar-refractivity contribution in [2.24, 2.45) is 11.7 Å². The van der Waals surface area contributed by atoms with E-state index in [4.69, 9.17) is 11.0 Å². The number of nitrogens with one attached hydrogen (secondary N) is 1. The molecule has 0 saturated heterocycles. The fourth-order valence-corrected chi connectivity index (χ4v) is 2.26. The third-order valence-electron chi connectivity index (χ3n) is 3.45. The number of nitrogens with two attached hydrogens (primary N) is 1. The monoisotopic (exact) mass is 296 g/mol. The number of rotatable bonds is 5. The Morgan fingerprint density at radius 2 is 2.09 bits per heavy atom. The summed E-state index contributed by atoms with van der Waals surface area (Å²) >= 11 is 0. The molecule has 0 aliphatic heterocycles. The molecular formula is C16H16N4O2. The van der Waals surface area contributed by atoms with Gasteiger partial charge in [-0.05, 0) is 18.1 Å². The lowest BCUT2D eigenvalue weighted by molar-refractivity contribution is -0.120. The van der Waals surface area contributed by atoms with Gasteiger partial charge in [0, 0.05) is 18.0 Å². The number of nitriles is 1. The molecule has 6 nitrogen and oxygen atoms in total. The van der Waals surface area contributed by atoms with Crippen LogP contribution in [0.2, 0.25) is 0 Å². The Morgan fingerprint density at radius 1 is 1.36 bits per heavy atom. The standard InChI is InChI=1S/C16H16N4O2/c1-10(7-8-17)13(15(18)21)20-16(22)12-6-2-4-11-5-3-9-19-14(11)12/h2-6,9-10,13H,7H2,1H3,(H2,18,21)(H,20,22)/t10-,13-/m0/s1. The fraction of sp³-hybridized carbons (Fsp3) is 0.250. The maximum atomic E-state index is 12.4. The van der Waals surface area contributed by atoms with E-state index >= 15 is 0 Å². The van der Waals surface area contributed by atoms with Crippen molar-refractivity contribution in [3.8, 4) is 6.07 Å². The van der Waals surface area contributed by atoms with E-state index < -0.39 is 17.9 Å². The van der Waals surface area contributed by atoms with E-state index in [0.29, 0.717) is 11.1 Å². The van der Waals surface area contributed by atoms with Crippen LogP contribution >= 0.6 is 0 Å². The molecule has 0 aliphatic carbocycles. The predicted octanol–water partition coefficient (Wildman–Crippen LogP) is 1.37. The average Bonchev–Trinajstić information content (AvgIpc) is 2.51. The van der Waals surface area contributed by atoms with Gasteiger partial charge in [-0.1, -0.05) is 25.1 Å². The number of hydrogen-bond acceptors (Lipinski definition) is 4. The van der Waals surface area contributed by atoms with Crippen molar-refractivity contribution in [2.45, 2.75) is 19.4 Å². The second-order valence-corrected chi connectivity index (χ2v) is 5.07. The van der Waals surface area contributed by atoms with Crippen molar-refractivity contribution >= 4 is 22.7 Å². The molecule has 22 heavy (non-hydrogen) atoms. The zero-order chi connectivity index (χ0) is 16.1. The molecule has 0 spiro atoms. The van der Waals surface area contributed by atoms with E-state index in [9.17, 15) is 9.59 Å². The molecule has 2 rings (SSSR count). The van der Waals surface area contributed by atoms with Gasteiger partial charge >= 0.3 is 0 Å². The highest BCUT2D eigenvalue weighted by molar-refractivity contribution is 6.06.